The summed E-state index contributed by atoms with van der Waals surface area (Å²) in [5, 5.41) is 7.08. The molecule has 0 saturated carbocycles. The fraction of sp³-hybridized carbons (Fsp3) is 0.943. The highest BCUT2D eigenvalue weighted by Crippen LogP contribution is 2.34. The van der Waals surface area contributed by atoms with Crippen LogP contribution < -0.4 is 10.6 Å². The van der Waals surface area contributed by atoms with E-state index in [2.05, 4.69) is 66.0 Å². The van der Waals surface area contributed by atoms with E-state index in [0.717, 1.165) is 32.1 Å². The average molecular weight is 551 g/mol. The van der Waals surface area contributed by atoms with Crippen LogP contribution in [0.25, 0.3) is 0 Å². The molecule has 1 atom stereocenters. The first-order valence-electron chi connectivity index (χ1n) is 17.1. The summed E-state index contributed by atoms with van der Waals surface area (Å²) in [5.74, 6) is 0.297. The lowest BCUT2D eigenvalue weighted by atomic mass is 9.75. The van der Waals surface area contributed by atoms with Gasteiger partial charge in [-0.25, -0.2) is 0 Å². The van der Waals surface area contributed by atoms with Crippen LogP contribution in [0.15, 0.2) is 0 Å². The summed E-state index contributed by atoms with van der Waals surface area (Å²) >= 11 is 0. The maximum atomic E-state index is 13.4. The van der Waals surface area contributed by atoms with Gasteiger partial charge >= 0.3 is 0 Å². The van der Waals surface area contributed by atoms with E-state index in [-0.39, 0.29) is 22.4 Å². The number of nitrogens with one attached hydrogen (secondary N) is 2. The molecule has 0 aliphatic carbocycles. The molecule has 0 aliphatic heterocycles. The first-order valence-corrected chi connectivity index (χ1v) is 17.1. The SMILES string of the molecule is CCCCCCCC(C)(CCCC)NC(C)(C)CNC(=O)CCC(=O)C(C)(CCCCCC)CCCCCC. The lowest BCUT2D eigenvalue weighted by Gasteiger charge is -2.40. The van der Waals surface area contributed by atoms with Gasteiger partial charge in [-0.1, -0.05) is 131 Å². The topological polar surface area (TPSA) is 58.2 Å². The number of ketones is 1. The molecule has 0 rings (SSSR count). The van der Waals surface area contributed by atoms with Crippen LogP contribution in [0, 0.1) is 5.41 Å². The highest BCUT2D eigenvalue weighted by molar-refractivity contribution is 5.88. The third-order valence-electron chi connectivity index (χ3n) is 8.70. The third kappa shape index (κ3) is 19.0. The Bertz CT molecular complexity index is 618. The summed E-state index contributed by atoms with van der Waals surface area (Å²) in [6.45, 7) is 18.5. The van der Waals surface area contributed by atoms with Gasteiger partial charge in [-0.2, -0.15) is 0 Å². The molecule has 0 spiro atoms. The van der Waals surface area contributed by atoms with E-state index in [1.54, 1.807) is 0 Å². The molecular weight excluding hydrogens is 480 g/mol. The Morgan fingerprint density at radius 1 is 0.538 bits per heavy atom. The molecular formula is C35H70N2O2. The van der Waals surface area contributed by atoms with Crippen molar-refractivity contribution < 1.29 is 9.59 Å². The summed E-state index contributed by atoms with van der Waals surface area (Å²) in [6.07, 6.45) is 23.4. The molecule has 4 heteroatoms. The Kier molecular flexibility index (Phi) is 21.3. The number of rotatable bonds is 27. The van der Waals surface area contributed by atoms with Crippen LogP contribution in [0.4, 0.5) is 0 Å². The maximum absolute atomic E-state index is 13.4. The van der Waals surface area contributed by atoms with E-state index in [1.165, 1.54) is 89.9 Å². The minimum absolute atomic E-state index is 0.00682. The van der Waals surface area contributed by atoms with E-state index < -0.39 is 0 Å². The van der Waals surface area contributed by atoms with Crippen LogP contribution in [0.3, 0.4) is 0 Å². The third-order valence-corrected chi connectivity index (χ3v) is 8.70. The normalized spacial score (nSPS) is 13.8. The van der Waals surface area contributed by atoms with Crippen LogP contribution in [-0.4, -0.2) is 29.3 Å². The number of hydrogen-bond acceptors (Lipinski definition) is 3. The minimum Gasteiger partial charge on any atom is -0.354 e. The Morgan fingerprint density at radius 3 is 1.49 bits per heavy atom. The van der Waals surface area contributed by atoms with Gasteiger partial charge in [0.1, 0.15) is 5.78 Å². The number of hydrogen-bond donors (Lipinski definition) is 2. The van der Waals surface area contributed by atoms with Gasteiger partial charge in [0, 0.05) is 35.9 Å². The van der Waals surface area contributed by atoms with Crippen LogP contribution in [-0.2, 0) is 9.59 Å². The smallest absolute Gasteiger partial charge is 0.220 e. The summed E-state index contributed by atoms with van der Waals surface area (Å²) in [6, 6.07) is 0. The van der Waals surface area contributed by atoms with Gasteiger partial charge in [-0.05, 0) is 46.5 Å². The Hall–Kier alpha value is -0.900. The second-order valence-corrected chi connectivity index (χ2v) is 13.7. The molecule has 0 aromatic carbocycles. The lowest BCUT2D eigenvalue weighted by molar-refractivity contribution is -0.131. The predicted octanol–water partition coefficient (Wildman–Crippen LogP) is 10.1. The molecule has 0 radical (unpaired) electrons. The summed E-state index contributed by atoms with van der Waals surface area (Å²) in [4.78, 5) is 26.2. The van der Waals surface area contributed by atoms with Gasteiger partial charge in [0.05, 0.1) is 0 Å². The van der Waals surface area contributed by atoms with E-state index in [1.807, 2.05) is 0 Å². The van der Waals surface area contributed by atoms with Crippen molar-refractivity contribution in [1.29, 1.82) is 0 Å². The molecule has 2 N–H and O–H groups in total. The molecule has 0 heterocycles. The van der Waals surface area contributed by atoms with E-state index in [9.17, 15) is 9.59 Å². The fourth-order valence-corrected chi connectivity index (χ4v) is 6.02. The summed E-state index contributed by atoms with van der Waals surface area (Å²) in [7, 11) is 0. The molecule has 0 bridgehead atoms. The van der Waals surface area contributed by atoms with Crippen molar-refractivity contribution in [3.63, 3.8) is 0 Å². The van der Waals surface area contributed by atoms with Gasteiger partial charge in [0.2, 0.25) is 5.91 Å². The zero-order valence-corrected chi connectivity index (χ0v) is 27.9. The molecule has 232 valence electrons. The molecule has 39 heavy (non-hydrogen) atoms. The number of carbonyl (C=O) groups excluding carboxylic acids is 2. The number of carbonyl (C=O) groups is 2. The average Bonchev–Trinajstić information content (AvgIpc) is 2.89. The van der Waals surface area contributed by atoms with E-state index >= 15 is 0 Å². The fourth-order valence-electron chi connectivity index (χ4n) is 6.02. The van der Waals surface area contributed by atoms with Gasteiger partial charge < -0.3 is 10.6 Å². The Morgan fingerprint density at radius 2 is 0.974 bits per heavy atom. The molecule has 0 aromatic rings. The second-order valence-electron chi connectivity index (χ2n) is 13.7. The van der Waals surface area contributed by atoms with Gasteiger partial charge in [0.15, 0.2) is 0 Å². The predicted molar refractivity (Wildman–Crippen MR) is 171 cm³/mol. The Labute approximate surface area is 245 Å². The van der Waals surface area contributed by atoms with Crippen molar-refractivity contribution in [3.05, 3.63) is 0 Å². The Balaban J connectivity index is 4.87. The van der Waals surface area contributed by atoms with Gasteiger partial charge in [0.25, 0.3) is 0 Å². The van der Waals surface area contributed by atoms with Crippen molar-refractivity contribution >= 4 is 11.7 Å². The van der Waals surface area contributed by atoms with Crippen molar-refractivity contribution in [2.75, 3.05) is 6.54 Å². The molecule has 1 unspecified atom stereocenters. The van der Waals surface area contributed by atoms with Crippen molar-refractivity contribution in [2.24, 2.45) is 5.41 Å². The monoisotopic (exact) mass is 551 g/mol. The molecule has 0 fully saturated rings. The van der Waals surface area contributed by atoms with Crippen LogP contribution in [0.2, 0.25) is 0 Å². The highest BCUT2D eigenvalue weighted by atomic mass is 16.2. The molecule has 4 nitrogen and oxygen atoms in total. The number of Topliss-reactive ketones (excluding diaryl/α,β-unsaturated/α-hetero) is 1. The van der Waals surface area contributed by atoms with E-state index in [4.69, 9.17) is 0 Å². The zero-order chi connectivity index (χ0) is 29.6. The van der Waals surface area contributed by atoms with Crippen LogP contribution >= 0.6 is 0 Å². The van der Waals surface area contributed by atoms with Crippen molar-refractivity contribution in [2.45, 2.75) is 201 Å². The largest absolute Gasteiger partial charge is 0.354 e. The molecule has 1 amide bonds. The zero-order valence-electron chi connectivity index (χ0n) is 27.9. The maximum Gasteiger partial charge on any atom is 0.220 e. The first kappa shape index (κ1) is 38.1. The standard InChI is InChI=1S/C35H70N2O2/c1-9-13-17-20-23-29-35(8,28-16-12-4)37-33(5,6)30-36-32(39)25-24-31(38)34(7,26-21-18-14-10-2)27-22-19-15-11-3/h37H,9-30H2,1-8H3,(H,36,39). The molecule has 0 aliphatic rings. The van der Waals surface area contributed by atoms with E-state index in [0.29, 0.717) is 25.2 Å². The number of unbranched alkanes of at least 4 members (excludes halogenated alkanes) is 11. The van der Waals surface area contributed by atoms with Crippen molar-refractivity contribution in [1.82, 2.24) is 10.6 Å². The summed E-state index contributed by atoms with van der Waals surface area (Å²) < 4.78 is 0. The molecule has 0 aromatic heterocycles. The van der Waals surface area contributed by atoms with Crippen LogP contribution in [0.1, 0.15) is 190 Å². The lowest BCUT2D eigenvalue weighted by Crippen LogP contribution is -2.58. The quantitative estimate of drug-likeness (QED) is 0.100. The van der Waals surface area contributed by atoms with Gasteiger partial charge in [-0.3, -0.25) is 9.59 Å². The van der Waals surface area contributed by atoms with Gasteiger partial charge in [-0.15, -0.1) is 0 Å². The minimum atomic E-state index is -0.277. The molecule has 0 saturated heterocycles. The van der Waals surface area contributed by atoms with Crippen molar-refractivity contribution in [3.8, 4) is 0 Å². The first-order chi connectivity index (χ1) is 18.5. The highest BCUT2D eigenvalue weighted by Gasteiger charge is 2.33. The summed E-state index contributed by atoms with van der Waals surface area (Å²) in [5.41, 5.74) is -0.386. The van der Waals surface area contributed by atoms with Crippen LogP contribution in [0.5, 0.6) is 0 Å². The second kappa shape index (κ2) is 21.8. The number of amides is 1.